The number of halogens is 2. The first-order valence-corrected chi connectivity index (χ1v) is 5.35. The Morgan fingerprint density at radius 3 is 2.95 bits per heavy atom. The minimum atomic E-state index is -0.915. The van der Waals surface area contributed by atoms with Crippen molar-refractivity contribution in [3.8, 4) is 11.6 Å². The molecule has 0 saturated heterocycles. The lowest BCUT2D eigenvalue weighted by molar-refractivity contribution is 0.383. The Hall–Kier alpha value is -2.64. The van der Waals surface area contributed by atoms with Crippen molar-refractivity contribution in [3.63, 3.8) is 0 Å². The number of nitrogens with one attached hydrogen (secondary N) is 1. The summed E-state index contributed by atoms with van der Waals surface area (Å²) in [7, 11) is 0. The second-order valence-corrected chi connectivity index (χ2v) is 3.74. The van der Waals surface area contributed by atoms with Crippen LogP contribution in [0.3, 0.4) is 0 Å². The van der Waals surface area contributed by atoms with Crippen LogP contribution in [0.4, 0.5) is 8.78 Å². The molecule has 0 fully saturated rings. The van der Waals surface area contributed by atoms with Crippen molar-refractivity contribution in [1.82, 2.24) is 25.3 Å². The fourth-order valence-electron chi connectivity index (χ4n) is 1.58. The predicted octanol–water partition coefficient (Wildman–Crippen LogP) is 1.72. The molecule has 19 heavy (non-hydrogen) atoms. The Balaban J connectivity index is 1.86. The third-order valence-electron chi connectivity index (χ3n) is 2.47. The molecule has 0 aliphatic rings. The molecular formula is C11H7F2N5O. The van der Waals surface area contributed by atoms with Crippen LogP contribution in [0.5, 0.6) is 0 Å². The van der Waals surface area contributed by atoms with Gasteiger partial charge in [-0.1, -0.05) is 17.3 Å². The summed E-state index contributed by atoms with van der Waals surface area (Å²) in [6.45, 7) is 0. The molecule has 0 radical (unpaired) electrons. The third-order valence-corrected chi connectivity index (χ3v) is 2.47. The molecule has 2 heterocycles. The van der Waals surface area contributed by atoms with E-state index in [0.717, 1.165) is 6.07 Å². The summed E-state index contributed by atoms with van der Waals surface area (Å²) >= 11 is 0. The molecule has 0 saturated carbocycles. The number of aromatic nitrogens is 5. The number of aromatic amines is 1. The lowest BCUT2D eigenvalue weighted by atomic mass is 10.1. The van der Waals surface area contributed by atoms with Gasteiger partial charge >= 0.3 is 0 Å². The highest BCUT2D eigenvalue weighted by molar-refractivity contribution is 5.39. The van der Waals surface area contributed by atoms with E-state index < -0.39 is 11.6 Å². The van der Waals surface area contributed by atoms with E-state index in [4.69, 9.17) is 4.52 Å². The smallest absolute Gasteiger partial charge is 0.239 e. The number of hydrogen-bond acceptors (Lipinski definition) is 5. The maximum Gasteiger partial charge on any atom is 0.239 e. The molecule has 2 aromatic heterocycles. The van der Waals surface area contributed by atoms with Crippen LogP contribution < -0.4 is 0 Å². The van der Waals surface area contributed by atoms with Gasteiger partial charge in [-0.15, -0.1) is 0 Å². The van der Waals surface area contributed by atoms with Crippen molar-refractivity contribution in [2.24, 2.45) is 0 Å². The Kier molecular flexibility index (Phi) is 2.75. The van der Waals surface area contributed by atoms with Crippen LogP contribution >= 0.6 is 0 Å². The molecule has 0 spiro atoms. The SMILES string of the molecule is Fc1cccc(Cc2nc(-c3ncn[nH]3)no2)c1F. The van der Waals surface area contributed by atoms with Gasteiger partial charge < -0.3 is 4.52 Å². The van der Waals surface area contributed by atoms with E-state index in [1.165, 1.54) is 18.5 Å². The Bertz CT molecular complexity index is 695. The maximum absolute atomic E-state index is 13.5. The molecule has 0 atom stereocenters. The van der Waals surface area contributed by atoms with Gasteiger partial charge in [0.2, 0.25) is 11.7 Å². The van der Waals surface area contributed by atoms with Crippen molar-refractivity contribution in [2.45, 2.75) is 6.42 Å². The highest BCUT2D eigenvalue weighted by Gasteiger charge is 2.14. The molecule has 3 aromatic rings. The second kappa shape index (κ2) is 4.56. The summed E-state index contributed by atoms with van der Waals surface area (Å²) in [6.07, 6.45) is 1.31. The summed E-state index contributed by atoms with van der Waals surface area (Å²) in [5, 5.41) is 9.89. The molecule has 8 heteroatoms. The van der Waals surface area contributed by atoms with E-state index in [-0.39, 0.29) is 23.7 Å². The standard InChI is InChI=1S/C11H7F2N5O/c12-7-3-1-2-6(9(7)13)4-8-16-11(18-19-8)10-14-5-15-17-10/h1-3,5H,4H2,(H,14,15,17). The molecule has 1 aromatic carbocycles. The maximum atomic E-state index is 13.5. The molecule has 0 bridgehead atoms. The van der Waals surface area contributed by atoms with Crippen LogP contribution in [-0.4, -0.2) is 25.3 Å². The fraction of sp³-hybridized carbons (Fsp3) is 0.0909. The van der Waals surface area contributed by atoms with Crippen molar-refractivity contribution >= 4 is 0 Å². The van der Waals surface area contributed by atoms with Gasteiger partial charge in [0.05, 0.1) is 6.42 Å². The lowest BCUT2D eigenvalue weighted by Crippen LogP contribution is -1.96. The van der Waals surface area contributed by atoms with Crippen molar-refractivity contribution < 1.29 is 13.3 Å². The van der Waals surface area contributed by atoms with Gasteiger partial charge in [-0.3, -0.25) is 5.10 Å². The molecule has 96 valence electrons. The number of H-pyrrole nitrogens is 1. The molecule has 3 rings (SSSR count). The van der Waals surface area contributed by atoms with E-state index in [1.807, 2.05) is 0 Å². The summed E-state index contributed by atoms with van der Waals surface area (Å²) < 4.78 is 31.5. The minimum Gasteiger partial charge on any atom is -0.338 e. The number of nitrogens with zero attached hydrogens (tertiary/aromatic N) is 4. The monoisotopic (exact) mass is 263 g/mol. The van der Waals surface area contributed by atoms with Gasteiger partial charge in [-0.2, -0.15) is 10.1 Å². The quantitative estimate of drug-likeness (QED) is 0.778. The first kappa shape index (κ1) is 11.5. The van der Waals surface area contributed by atoms with E-state index >= 15 is 0 Å². The van der Waals surface area contributed by atoms with Gasteiger partial charge in [0, 0.05) is 5.56 Å². The van der Waals surface area contributed by atoms with E-state index in [1.54, 1.807) is 0 Å². The van der Waals surface area contributed by atoms with Gasteiger partial charge in [0.25, 0.3) is 0 Å². The van der Waals surface area contributed by atoms with Crippen LogP contribution in [0, 0.1) is 11.6 Å². The zero-order chi connectivity index (χ0) is 13.2. The average Bonchev–Trinajstić information content (AvgIpc) is 3.05. The van der Waals surface area contributed by atoms with Gasteiger partial charge in [-0.25, -0.2) is 13.8 Å². The van der Waals surface area contributed by atoms with Crippen molar-refractivity contribution in [3.05, 3.63) is 47.6 Å². The van der Waals surface area contributed by atoms with E-state index in [2.05, 4.69) is 25.3 Å². The van der Waals surface area contributed by atoms with E-state index in [0.29, 0.717) is 5.82 Å². The van der Waals surface area contributed by atoms with Crippen LogP contribution in [-0.2, 0) is 6.42 Å². The molecule has 0 unspecified atom stereocenters. The van der Waals surface area contributed by atoms with Crippen LogP contribution in [0.1, 0.15) is 11.5 Å². The largest absolute Gasteiger partial charge is 0.338 e. The molecule has 1 N–H and O–H groups in total. The predicted molar refractivity (Wildman–Crippen MR) is 58.8 cm³/mol. The third kappa shape index (κ3) is 2.19. The first-order chi connectivity index (χ1) is 9.24. The summed E-state index contributed by atoms with van der Waals surface area (Å²) in [6, 6.07) is 3.92. The average molecular weight is 263 g/mol. The number of benzene rings is 1. The highest BCUT2D eigenvalue weighted by atomic mass is 19.2. The van der Waals surface area contributed by atoms with Crippen LogP contribution in [0.2, 0.25) is 0 Å². The van der Waals surface area contributed by atoms with Gasteiger partial charge in [0.15, 0.2) is 17.5 Å². The highest BCUT2D eigenvalue weighted by Crippen LogP contribution is 2.16. The van der Waals surface area contributed by atoms with Crippen molar-refractivity contribution in [1.29, 1.82) is 0 Å². The minimum absolute atomic E-state index is 0.00469. The molecular weight excluding hydrogens is 256 g/mol. The zero-order valence-corrected chi connectivity index (χ0v) is 9.47. The van der Waals surface area contributed by atoms with Crippen LogP contribution in [0.25, 0.3) is 11.6 Å². The lowest BCUT2D eigenvalue weighted by Gasteiger charge is -1.99. The van der Waals surface area contributed by atoms with E-state index in [9.17, 15) is 8.78 Å². The number of rotatable bonds is 3. The summed E-state index contributed by atoms with van der Waals surface area (Å²) in [5.74, 6) is -1.11. The number of hydrogen-bond donors (Lipinski definition) is 1. The topological polar surface area (TPSA) is 80.5 Å². The Morgan fingerprint density at radius 1 is 1.26 bits per heavy atom. The molecule has 6 nitrogen and oxygen atoms in total. The fourth-order valence-corrected chi connectivity index (χ4v) is 1.58. The molecule has 0 amide bonds. The normalized spacial score (nSPS) is 10.8. The summed E-state index contributed by atoms with van der Waals surface area (Å²) in [5.41, 5.74) is 0.146. The van der Waals surface area contributed by atoms with Gasteiger partial charge in [-0.05, 0) is 6.07 Å². The molecule has 0 aliphatic heterocycles. The molecule has 0 aliphatic carbocycles. The van der Waals surface area contributed by atoms with Gasteiger partial charge in [0.1, 0.15) is 6.33 Å². The van der Waals surface area contributed by atoms with Crippen LogP contribution in [0.15, 0.2) is 29.0 Å². The second-order valence-electron chi connectivity index (χ2n) is 3.74. The van der Waals surface area contributed by atoms with Crippen molar-refractivity contribution in [2.75, 3.05) is 0 Å². The summed E-state index contributed by atoms with van der Waals surface area (Å²) in [4.78, 5) is 7.87. The zero-order valence-electron chi connectivity index (χ0n) is 9.47. The Morgan fingerprint density at radius 2 is 2.16 bits per heavy atom. The Labute approximate surface area is 105 Å². The first-order valence-electron chi connectivity index (χ1n) is 5.35.